The molecule has 6 nitrogen and oxygen atoms in total. The molecule has 0 saturated carbocycles. The van der Waals surface area contributed by atoms with Gasteiger partial charge in [-0.2, -0.15) is 4.31 Å². The first-order valence-electron chi connectivity index (χ1n) is 8.21. The molecule has 1 aromatic carbocycles. The van der Waals surface area contributed by atoms with Crippen molar-refractivity contribution in [3.63, 3.8) is 0 Å². The monoisotopic (exact) mass is 425 g/mol. The second-order valence-electron chi connectivity index (χ2n) is 5.91. The zero-order chi connectivity index (χ0) is 19.4. The number of rotatable bonds is 4. The Morgan fingerprint density at radius 1 is 1.00 bits per heavy atom. The number of carbonyl (C=O) groups excluding carboxylic acids is 1. The predicted octanol–water partition coefficient (Wildman–Crippen LogP) is 3.15. The lowest BCUT2D eigenvalue weighted by atomic mass is 10.2. The summed E-state index contributed by atoms with van der Waals surface area (Å²) in [6, 6.07) is 12.2. The zero-order valence-corrected chi connectivity index (χ0v) is 16.6. The van der Waals surface area contributed by atoms with Crippen LogP contribution in [-0.4, -0.2) is 54.7 Å². The summed E-state index contributed by atoms with van der Waals surface area (Å²) >= 11 is 11.9. The van der Waals surface area contributed by atoms with Crippen LogP contribution in [0.4, 0.5) is 0 Å². The maximum Gasteiger partial charge on any atom is 0.274 e. The first kappa shape index (κ1) is 19.8. The second-order valence-corrected chi connectivity index (χ2v) is 8.53. The Kier molecular flexibility index (Phi) is 6.16. The van der Waals surface area contributed by atoms with Gasteiger partial charge in [0.15, 0.2) is 0 Å². The van der Waals surface area contributed by atoms with Gasteiger partial charge in [-0.3, -0.25) is 4.79 Å². The Balaban J connectivity index is 1.65. The van der Waals surface area contributed by atoms with Crippen LogP contribution >= 0.6 is 23.2 Å². The molecule has 0 unspecified atom stereocenters. The van der Waals surface area contributed by atoms with Gasteiger partial charge in [0.05, 0.1) is 5.02 Å². The summed E-state index contributed by atoms with van der Waals surface area (Å²) in [5, 5.41) is 1.58. The average Bonchev–Trinajstić information content (AvgIpc) is 2.69. The van der Waals surface area contributed by atoms with Gasteiger partial charge in [0.2, 0.25) is 10.0 Å². The standard InChI is InChI=1S/C18H17Cl2N3O3S/c19-15-6-7-16(20)21-17(15)18(24)22-9-11-23(12-10-22)27(25,26)13-8-14-4-2-1-3-5-14/h1-8,13H,9-12H2. The van der Waals surface area contributed by atoms with Crippen molar-refractivity contribution in [2.45, 2.75) is 0 Å². The van der Waals surface area contributed by atoms with Crippen molar-refractivity contribution < 1.29 is 13.2 Å². The molecule has 0 atom stereocenters. The fraction of sp³-hybridized carbons (Fsp3) is 0.222. The molecule has 1 aliphatic heterocycles. The van der Waals surface area contributed by atoms with Gasteiger partial charge >= 0.3 is 0 Å². The van der Waals surface area contributed by atoms with Gasteiger partial charge < -0.3 is 4.90 Å². The van der Waals surface area contributed by atoms with E-state index in [1.54, 1.807) is 6.08 Å². The van der Waals surface area contributed by atoms with Crippen LogP contribution in [-0.2, 0) is 10.0 Å². The number of piperazine rings is 1. The van der Waals surface area contributed by atoms with Crippen molar-refractivity contribution in [1.29, 1.82) is 0 Å². The Morgan fingerprint density at radius 3 is 2.33 bits per heavy atom. The summed E-state index contributed by atoms with van der Waals surface area (Å²) in [4.78, 5) is 18.1. The SMILES string of the molecule is O=C(c1nc(Cl)ccc1Cl)N1CCN(S(=O)(=O)C=Cc2ccccc2)CC1. The van der Waals surface area contributed by atoms with E-state index in [9.17, 15) is 13.2 Å². The van der Waals surface area contributed by atoms with E-state index in [0.717, 1.165) is 5.56 Å². The Morgan fingerprint density at radius 2 is 1.67 bits per heavy atom. The molecule has 0 bridgehead atoms. The van der Waals surface area contributed by atoms with Crippen LogP contribution in [0, 0.1) is 0 Å². The third kappa shape index (κ3) is 4.87. The van der Waals surface area contributed by atoms with Crippen LogP contribution in [0.3, 0.4) is 0 Å². The molecule has 1 amide bonds. The zero-order valence-electron chi connectivity index (χ0n) is 14.3. The lowest BCUT2D eigenvalue weighted by Crippen LogP contribution is -2.50. The van der Waals surface area contributed by atoms with E-state index in [-0.39, 0.29) is 48.0 Å². The third-order valence-corrected chi connectivity index (χ3v) is 6.21. The van der Waals surface area contributed by atoms with Gasteiger partial charge in [-0.25, -0.2) is 13.4 Å². The van der Waals surface area contributed by atoms with Crippen molar-refractivity contribution in [3.8, 4) is 0 Å². The largest absolute Gasteiger partial charge is 0.335 e. The Hall–Kier alpha value is -1.93. The first-order valence-corrected chi connectivity index (χ1v) is 10.5. The molecule has 0 N–H and O–H groups in total. The molecule has 1 aromatic heterocycles. The van der Waals surface area contributed by atoms with Gasteiger partial charge in [-0.1, -0.05) is 53.5 Å². The summed E-state index contributed by atoms with van der Waals surface area (Å²) in [7, 11) is -3.56. The van der Waals surface area contributed by atoms with Crippen molar-refractivity contribution >= 4 is 45.2 Å². The van der Waals surface area contributed by atoms with E-state index in [4.69, 9.17) is 23.2 Å². The summed E-state index contributed by atoms with van der Waals surface area (Å²) in [5.74, 6) is -0.362. The molecule has 1 fully saturated rings. The fourth-order valence-corrected chi connectivity index (χ4v) is 4.19. The van der Waals surface area contributed by atoms with Crippen molar-refractivity contribution in [1.82, 2.24) is 14.2 Å². The van der Waals surface area contributed by atoms with Crippen LogP contribution in [0.1, 0.15) is 16.1 Å². The van der Waals surface area contributed by atoms with E-state index >= 15 is 0 Å². The second kappa shape index (κ2) is 8.39. The lowest BCUT2D eigenvalue weighted by molar-refractivity contribution is 0.0693. The number of nitrogens with zero attached hydrogens (tertiary/aromatic N) is 3. The minimum atomic E-state index is -3.56. The van der Waals surface area contributed by atoms with Crippen LogP contribution in [0.25, 0.3) is 6.08 Å². The Bertz CT molecular complexity index is 957. The summed E-state index contributed by atoms with van der Waals surface area (Å²) < 4.78 is 26.3. The number of pyridine rings is 1. The first-order chi connectivity index (χ1) is 12.9. The molecule has 2 aromatic rings. The molecule has 1 saturated heterocycles. The molecular formula is C18H17Cl2N3O3S. The summed E-state index contributed by atoms with van der Waals surface area (Å²) in [6.07, 6.45) is 1.56. The molecule has 2 heterocycles. The molecular weight excluding hydrogens is 409 g/mol. The molecule has 1 aliphatic rings. The molecule has 9 heteroatoms. The number of benzene rings is 1. The summed E-state index contributed by atoms with van der Waals surface area (Å²) in [6.45, 7) is 0.903. The number of halogens is 2. The van der Waals surface area contributed by atoms with E-state index in [0.29, 0.717) is 0 Å². The third-order valence-electron chi connectivity index (χ3n) is 4.13. The number of sulfonamides is 1. The number of aromatic nitrogens is 1. The highest BCUT2D eigenvalue weighted by atomic mass is 35.5. The van der Waals surface area contributed by atoms with Crippen molar-refractivity contribution in [2.24, 2.45) is 0 Å². The number of hydrogen-bond donors (Lipinski definition) is 0. The van der Waals surface area contributed by atoms with Gasteiger partial charge in [0.1, 0.15) is 10.8 Å². The van der Waals surface area contributed by atoms with Crippen LogP contribution < -0.4 is 0 Å². The quantitative estimate of drug-likeness (QED) is 0.705. The van der Waals surface area contributed by atoms with Crippen LogP contribution in [0.2, 0.25) is 10.2 Å². The van der Waals surface area contributed by atoms with E-state index in [1.165, 1.54) is 26.7 Å². The molecule has 27 heavy (non-hydrogen) atoms. The number of carbonyl (C=O) groups is 1. The number of hydrogen-bond acceptors (Lipinski definition) is 4. The van der Waals surface area contributed by atoms with Gasteiger partial charge in [0.25, 0.3) is 5.91 Å². The maximum absolute atomic E-state index is 12.6. The minimum Gasteiger partial charge on any atom is -0.335 e. The van der Waals surface area contributed by atoms with Crippen LogP contribution in [0.15, 0.2) is 47.9 Å². The molecule has 3 rings (SSSR count). The molecule has 0 aliphatic carbocycles. The fourth-order valence-electron chi connectivity index (χ4n) is 2.68. The minimum absolute atomic E-state index is 0.0736. The van der Waals surface area contributed by atoms with Crippen molar-refractivity contribution in [2.75, 3.05) is 26.2 Å². The van der Waals surface area contributed by atoms with Gasteiger partial charge in [-0.15, -0.1) is 0 Å². The predicted molar refractivity (Wildman–Crippen MR) is 106 cm³/mol. The Labute approximate surface area is 168 Å². The highest BCUT2D eigenvalue weighted by Gasteiger charge is 2.29. The van der Waals surface area contributed by atoms with Gasteiger partial charge in [-0.05, 0) is 23.8 Å². The average molecular weight is 426 g/mol. The lowest BCUT2D eigenvalue weighted by Gasteiger charge is -2.33. The van der Waals surface area contributed by atoms with E-state index in [2.05, 4.69) is 4.98 Å². The topological polar surface area (TPSA) is 70.6 Å². The highest BCUT2D eigenvalue weighted by molar-refractivity contribution is 7.92. The maximum atomic E-state index is 12.6. The number of amides is 1. The van der Waals surface area contributed by atoms with E-state index in [1.807, 2.05) is 30.3 Å². The highest BCUT2D eigenvalue weighted by Crippen LogP contribution is 2.20. The van der Waals surface area contributed by atoms with E-state index < -0.39 is 10.0 Å². The molecule has 142 valence electrons. The molecule has 0 spiro atoms. The van der Waals surface area contributed by atoms with Gasteiger partial charge in [0, 0.05) is 31.6 Å². The smallest absolute Gasteiger partial charge is 0.274 e. The normalized spacial score (nSPS) is 16.0. The summed E-state index contributed by atoms with van der Waals surface area (Å²) in [5.41, 5.74) is 0.876. The van der Waals surface area contributed by atoms with Crippen molar-refractivity contribution in [3.05, 3.63) is 69.3 Å². The molecule has 0 radical (unpaired) electrons. The van der Waals surface area contributed by atoms with Crippen LogP contribution in [0.5, 0.6) is 0 Å².